The van der Waals surface area contributed by atoms with Crippen LogP contribution in [0, 0.1) is 0 Å². The third kappa shape index (κ3) is 1.84. The number of nitrogens with zero attached hydrogens (tertiary/aromatic N) is 1. The highest BCUT2D eigenvalue weighted by molar-refractivity contribution is 5.89. The number of carboxylic acid groups (broad SMARTS) is 1. The molecule has 1 unspecified atom stereocenters. The van der Waals surface area contributed by atoms with Crippen LogP contribution in [-0.2, 0) is 9.59 Å². The molecule has 76 valence electrons. The Morgan fingerprint density at radius 2 is 2.29 bits per heavy atom. The molecule has 0 bridgehead atoms. The van der Waals surface area contributed by atoms with E-state index in [1.165, 1.54) is 11.0 Å². The number of carboxylic acids is 1. The molecule has 0 saturated carbocycles. The lowest BCUT2D eigenvalue weighted by atomic mass is 10.1. The second-order valence-electron chi connectivity index (χ2n) is 3.20. The van der Waals surface area contributed by atoms with Gasteiger partial charge in [0.05, 0.1) is 11.6 Å². The van der Waals surface area contributed by atoms with Crippen LogP contribution in [0.3, 0.4) is 0 Å². The molecule has 1 fully saturated rings. The molecule has 1 heterocycles. The molecule has 14 heavy (non-hydrogen) atoms. The Bertz CT molecular complexity index is 296. The van der Waals surface area contributed by atoms with Gasteiger partial charge in [0.1, 0.15) is 0 Å². The van der Waals surface area contributed by atoms with Gasteiger partial charge in [0.15, 0.2) is 0 Å². The highest BCUT2D eigenvalue weighted by atomic mass is 16.4. The minimum atomic E-state index is -1.09. The van der Waals surface area contributed by atoms with Gasteiger partial charge in [-0.2, -0.15) is 0 Å². The summed E-state index contributed by atoms with van der Waals surface area (Å²) in [5, 5.41) is 8.74. The third-order valence-corrected chi connectivity index (χ3v) is 2.30. The van der Waals surface area contributed by atoms with Crippen LogP contribution >= 0.6 is 0 Å². The highest BCUT2D eigenvalue weighted by Crippen LogP contribution is 2.18. The van der Waals surface area contributed by atoms with E-state index in [1.807, 2.05) is 0 Å². The monoisotopic (exact) mass is 195 g/mol. The van der Waals surface area contributed by atoms with Crippen molar-refractivity contribution in [3.05, 3.63) is 24.8 Å². The van der Waals surface area contributed by atoms with Crippen LogP contribution in [0.5, 0.6) is 0 Å². The van der Waals surface area contributed by atoms with E-state index in [0.29, 0.717) is 13.0 Å². The standard InChI is InChI=1S/C10H13NO3/c1-3-8(7(2)10(13)14)11-6-4-5-9(11)12/h3,8H,1-2,4-6H2,(H,13,14). The molecule has 1 N–H and O–H groups in total. The average Bonchev–Trinajstić information content (AvgIpc) is 2.53. The molecule has 0 radical (unpaired) electrons. The lowest BCUT2D eigenvalue weighted by Crippen LogP contribution is -2.37. The van der Waals surface area contributed by atoms with Gasteiger partial charge >= 0.3 is 5.97 Å². The summed E-state index contributed by atoms with van der Waals surface area (Å²) in [6.45, 7) is 7.55. The van der Waals surface area contributed by atoms with Gasteiger partial charge in [-0.1, -0.05) is 12.7 Å². The van der Waals surface area contributed by atoms with Crippen LogP contribution in [0.1, 0.15) is 12.8 Å². The number of amides is 1. The Balaban J connectivity index is 2.80. The summed E-state index contributed by atoms with van der Waals surface area (Å²) >= 11 is 0. The van der Waals surface area contributed by atoms with Crippen molar-refractivity contribution >= 4 is 11.9 Å². The summed E-state index contributed by atoms with van der Waals surface area (Å²) in [5.74, 6) is -1.12. The highest BCUT2D eigenvalue weighted by Gasteiger charge is 2.29. The minimum absolute atomic E-state index is 0.00440. The molecule has 0 aliphatic carbocycles. The fraction of sp³-hybridized carbons (Fsp3) is 0.400. The molecule has 0 aromatic carbocycles. The number of hydrogen-bond donors (Lipinski definition) is 1. The van der Waals surface area contributed by atoms with Gasteiger partial charge in [-0.15, -0.1) is 6.58 Å². The van der Waals surface area contributed by atoms with Crippen LogP contribution in [0.2, 0.25) is 0 Å². The van der Waals surface area contributed by atoms with Crippen LogP contribution in [-0.4, -0.2) is 34.5 Å². The van der Waals surface area contributed by atoms with Gasteiger partial charge in [0.25, 0.3) is 0 Å². The zero-order chi connectivity index (χ0) is 10.7. The topological polar surface area (TPSA) is 57.6 Å². The minimum Gasteiger partial charge on any atom is -0.478 e. The van der Waals surface area contributed by atoms with Crippen molar-refractivity contribution in [2.45, 2.75) is 18.9 Å². The summed E-state index contributed by atoms with van der Waals surface area (Å²) < 4.78 is 0. The Labute approximate surface area is 82.5 Å². The normalized spacial score (nSPS) is 18.0. The van der Waals surface area contributed by atoms with Gasteiger partial charge in [-0.05, 0) is 6.42 Å². The van der Waals surface area contributed by atoms with Gasteiger partial charge in [-0.25, -0.2) is 4.79 Å². The molecule has 1 saturated heterocycles. The Morgan fingerprint density at radius 1 is 1.64 bits per heavy atom. The molecule has 1 aliphatic heterocycles. The van der Waals surface area contributed by atoms with Gasteiger partial charge in [0, 0.05) is 13.0 Å². The zero-order valence-corrected chi connectivity index (χ0v) is 7.90. The van der Waals surface area contributed by atoms with E-state index in [2.05, 4.69) is 13.2 Å². The fourth-order valence-corrected chi connectivity index (χ4v) is 1.55. The van der Waals surface area contributed by atoms with Gasteiger partial charge in [-0.3, -0.25) is 4.79 Å². The maximum absolute atomic E-state index is 11.3. The first-order valence-electron chi connectivity index (χ1n) is 4.42. The number of hydrogen-bond acceptors (Lipinski definition) is 2. The molecule has 1 amide bonds. The fourth-order valence-electron chi connectivity index (χ4n) is 1.55. The van der Waals surface area contributed by atoms with E-state index in [4.69, 9.17) is 5.11 Å². The molecule has 0 aromatic heterocycles. The summed E-state index contributed by atoms with van der Waals surface area (Å²) in [4.78, 5) is 23.5. The van der Waals surface area contributed by atoms with E-state index in [9.17, 15) is 9.59 Å². The molecule has 1 rings (SSSR count). The maximum atomic E-state index is 11.3. The van der Waals surface area contributed by atoms with E-state index in [0.717, 1.165) is 6.42 Å². The first-order valence-corrected chi connectivity index (χ1v) is 4.42. The quantitative estimate of drug-likeness (QED) is 0.533. The summed E-state index contributed by atoms with van der Waals surface area (Å²) in [6, 6.07) is -0.567. The van der Waals surface area contributed by atoms with Gasteiger partial charge in [0.2, 0.25) is 5.91 Å². The predicted molar refractivity (Wildman–Crippen MR) is 51.7 cm³/mol. The van der Waals surface area contributed by atoms with E-state index < -0.39 is 12.0 Å². The second kappa shape index (κ2) is 4.09. The van der Waals surface area contributed by atoms with Crippen molar-refractivity contribution in [2.24, 2.45) is 0 Å². The van der Waals surface area contributed by atoms with Crippen LogP contribution in [0.4, 0.5) is 0 Å². The largest absolute Gasteiger partial charge is 0.478 e. The number of carbonyl (C=O) groups excluding carboxylic acids is 1. The van der Waals surface area contributed by atoms with Crippen molar-refractivity contribution in [3.8, 4) is 0 Å². The molecular formula is C10H13NO3. The first kappa shape index (κ1) is 10.5. The molecule has 4 heteroatoms. The predicted octanol–water partition coefficient (Wildman–Crippen LogP) is 0.804. The summed E-state index contributed by atoms with van der Waals surface area (Å²) in [7, 11) is 0. The third-order valence-electron chi connectivity index (χ3n) is 2.30. The Hall–Kier alpha value is -1.58. The van der Waals surface area contributed by atoms with E-state index in [1.54, 1.807) is 0 Å². The molecule has 1 atom stereocenters. The van der Waals surface area contributed by atoms with E-state index in [-0.39, 0.29) is 11.5 Å². The van der Waals surface area contributed by atoms with Crippen LogP contribution in [0.15, 0.2) is 24.8 Å². The Kier molecular flexibility index (Phi) is 3.06. The number of likely N-dealkylation sites (tertiary alicyclic amines) is 1. The van der Waals surface area contributed by atoms with Crippen molar-refractivity contribution in [3.63, 3.8) is 0 Å². The molecular weight excluding hydrogens is 182 g/mol. The van der Waals surface area contributed by atoms with Crippen molar-refractivity contribution < 1.29 is 14.7 Å². The summed E-state index contributed by atoms with van der Waals surface area (Å²) in [5.41, 5.74) is -0.00440. The zero-order valence-electron chi connectivity index (χ0n) is 7.90. The van der Waals surface area contributed by atoms with Gasteiger partial charge < -0.3 is 10.0 Å². The van der Waals surface area contributed by atoms with Crippen molar-refractivity contribution in [1.82, 2.24) is 4.90 Å². The second-order valence-corrected chi connectivity index (χ2v) is 3.20. The number of carbonyl (C=O) groups is 2. The molecule has 1 aliphatic rings. The smallest absolute Gasteiger partial charge is 0.333 e. The average molecular weight is 195 g/mol. The van der Waals surface area contributed by atoms with E-state index >= 15 is 0 Å². The van der Waals surface area contributed by atoms with Crippen LogP contribution in [0.25, 0.3) is 0 Å². The maximum Gasteiger partial charge on any atom is 0.333 e. The molecule has 4 nitrogen and oxygen atoms in total. The number of rotatable bonds is 4. The first-order chi connectivity index (χ1) is 6.57. The van der Waals surface area contributed by atoms with Crippen molar-refractivity contribution in [1.29, 1.82) is 0 Å². The lowest BCUT2D eigenvalue weighted by molar-refractivity contribution is -0.134. The Morgan fingerprint density at radius 3 is 2.64 bits per heavy atom. The molecule has 0 aromatic rings. The lowest BCUT2D eigenvalue weighted by Gasteiger charge is -2.24. The van der Waals surface area contributed by atoms with Crippen LogP contribution < -0.4 is 0 Å². The SMILES string of the molecule is C=CC(C(=C)C(=O)O)N1CCCC1=O. The summed E-state index contributed by atoms with van der Waals surface area (Å²) in [6.07, 6.45) is 2.70. The van der Waals surface area contributed by atoms with Crippen molar-refractivity contribution in [2.75, 3.05) is 6.54 Å². The number of aliphatic carboxylic acids is 1. The molecule has 0 spiro atoms.